The third-order valence-corrected chi connectivity index (χ3v) is 3.41. The molecule has 0 aliphatic carbocycles. The van der Waals surface area contributed by atoms with Crippen LogP contribution in [0.2, 0.25) is 0 Å². The summed E-state index contributed by atoms with van der Waals surface area (Å²) in [5, 5.41) is 5.97. The van der Waals surface area contributed by atoms with E-state index >= 15 is 0 Å². The standard InChI is InChI=1S/C14H19N3O2.ClH/c15-13(18)12(10-4-2-1-3-5-10)17-14(19)11-6-8-16-9-7-11;/h1-5,11-12,16H,6-9H2,(H2,15,18)(H,17,19);1H. The van der Waals surface area contributed by atoms with Crippen molar-refractivity contribution in [3.05, 3.63) is 35.9 Å². The molecule has 4 N–H and O–H groups in total. The summed E-state index contributed by atoms with van der Waals surface area (Å²) < 4.78 is 0. The quantitative estimate of drug-likeness (QED) is 0.767. The van der Waals surface area contributed by atoms with Gasteiger partial charge in [-0.3, -0.25) is 9.59 Å². The van der Waals surface area contributed by atoms with E-state index < -0.39 is 11.9 Å². The smallest absolute Gasteiger partial charge is 0.244 e. The van der Waals surface area contributed by atoms with Gasteiger partial charge in [-0.15, -0.1) is 12.4 Å². The van der Waals surface area contributed by atoms with Crippen molar-refractivity contribution in [1.82, 2.24) is 10.6 Å². The highest BCUT2D eigenvalue weighted by molar-refractivity contribution is 5.88. The molecule has 1 fully saturated rings. The van der Waals surface area contributed by atoms with Crippen LogP contribution >= 0.6 is 12.4 Å². The summed E-state index contributed by atoms with van der Waals surface area (Å²) in [5.41, 5.74) is 6.10. The SMILES string of the molecule is Cl.NC(=O)C(NC(=O)C1CCNCC1)c1ccccc1. The number of benzene rings is 1. The Labute approximate surface area is 124 Å². The van der Waals surface area contributed by atoms with Crippen molar-refractivity contribution in [1.29, 1.82) is 0 Å². The Kier molecular flexibility index (Phi) is 6.48. The van der Waals surface area contributed by atoms with Crippen molar-refractivity contribution in [3.63, 3.8) is 0 Å². The molecule has 2 amide bonds. The van der Waals surface area contributed by atoms with E-state index in [1.165, 1.54) is 0 Å². The molecule has 0 saturated carbocycles. The summed E-state index contributed by atoms with van der Waals surface area (Å²) in [6.07, 6.45) is 1.60. The first-order valence-electron chi connectivity index (χ1n) is 6.54. The molecule has 1 atom stereocenters. The third-order valence-electron chi connectivity index (χ3n) is 3.41. The van der Waals surface area contributed by atoms with Crippen LogP contribution in [0.3, 0.4) is 0 Å². The van der Waals surface area contributed by atoms with E-state index in [0.29, 0.717) is 0 Å². The zero-order chi connectivity index (χ0) is 13.7. The zero-order valence-electron chi connectivity index (χ0n) is 11.2. The van der Waals surface area contributed by atoms with Gasteiger partial charge >= 0.3 is 0 Å². The number of halogens is 1. The number of primary amides is 1. The van der Waals surface area contributed by atoms with Crippen LogP contribution in [0.25, 0.3) is 0 Å². The molecule has 0 radical (unpaired) electrons. The van der Waals surface area contributed by atoms with Crippen molar-refractivity contribution in [2.24, 2.45) is 11.7 Å². The number of carbonyl (C=O) groups is 2. The first kappa shape index (κ1) is 16.5. The minimum Gasteiger partial charge on any atom is -0.368 e. The Bertz CT molecular complexity index is 447. The van der Waals surface area contributed by atoms with Gasteiger partial charge in [0.1, 0.15) is 6.04 Å². The first-order chi connectivity index (χ1) is 9.18. The van der Waals surface area contributed by atoms with Gasteiger partial charge in [-0.25, -0.2) is 0 Å². The number of hydrogen-bond acceptors (Lipinski definition) is 3. The summed E-state index contributed by atoms with van der Waals surface area (Å²) in [6.45, 7) is 1.68. The number of carbonyl (C=O) groups excluding carboxylic acids is 2. The van der Waals surface area contributed by atoms with Gasteiger partial charge in [0.15, 0.2) is 0 Å². The van der Waals surface area contributed by atoms with E-state index in [2.05, 4.69) is 10.6 Å². The Hall–Kier alpha value is -1.59. The molecule has 2 rings (SSSR count). The lowest BCUT2D eigenvalue weighted by Gasteiger charge is -2.24. The maximum atomic E-state index is 12.1. The molecule has 1 aromatic rings. The van der Waals surface area contributed by atoms with Crippen LogP contribution < -0.4 is 16.4 Å². The number of amides is 2. The summed E-state index contributed by atoms with van der Waals surface area (Å²) in [5.74, 6) is -0.658. The fourth-order valence-corrected chi connectivity index (χ4v) is 2.31. The summed E-state index contributed by atoms with van der Waals surface area (Å²) >= 11 is 0. The highest BCUT2D eigenvalue weighted by atomic mass is 35.5. The van der Waals surface area contributed by atoms with Crippen LogP contribution in [0.1, 0.15) is 24.4 Å². The van der Waals surface area contributed by atoms with Gasteiger partial charge in [0.05, 0.1) is 0 Å². The maximum absolute atomic E-state index is 12.1. The molecule has 1 aliphatic rings. The molecule has 5 nitrogen and oxygen atoms in total. The molecule has 0 spiro atoms. The summed E-state index contributed by atoms with van der Waals surface area (Å²) in [4.78, 5) is 23.7. The van der Waals surface area contributed by atoms with Crippen molar-refractivity contribution >= 4 is 24.2 Å². The highest BCUT2D eigenvalue weighted by Gasteiger charge is 2.26. The number of hydrogen-bond donors (Lipinski definition) is 3. The zero-order valence-corrected chi connectivity index (χ0v) is 12.0. The van der Waals surface area contributed by atoms with E-state index in [-0.39, 0.29) is 24.2 Å². The molecule has 1 unspecified atom stereocenters. The number of piperidine rings is 1. The molecular weight excluding hydrogens is 278 g/mol. The van der Waals surface area contributed by atoms with Crippen molar-refractivity contribution in [3.8, 4) is 0 Å². The average Bonchev–Trinajstić information content (AvgIpc) is 2.46. The number of nitrogens with two attached hydrogens (primary N) is 1. The van der Waals surface area contributed by atoms with Gasteiger partial charge in [-0.1, -0.05) is 30.3 Å². The van der Waals surface area contributed by atoms with Crippen molar-refractivity contribution in [2.75, 3.05) is 13.1 Å². The fraction of sp³-hybridized carbons (Fsp3) is 0.429. The topological polar surface area (TPSA) is 84.2 Å². The Balaban J connectivity index is 0.00000200. The van der Waals surface area contributed by atoms with Gasteiger partial charge in [-0.2, -0.15) is 0 Å². The molecule has 0 bridgehead atoms. The monoisotopic (exact) mass is 297 g/mol. The number of rotatable bonds is 4. The van der Waals surface area contributed by atoms with E-state index in [0.717, 1.165) is 31.5 Å². The predicted molar refractivity (Wildman–Crippen MR) is 79.4 cm³/mol. The normalized spacial score (nSPS) is 16.8. The van der Waals surface area contributed by atoms with Crippen LogP contribution in [0.4, 0.5) is 0 Å². The van der Waals surface area contributed by atoms with Crippen LogP contribution in [-0.2, 0) is 9.59 Å². The first-order valence-corrected chi connectivity index (χ1v) is 6.54. The van der Waals surface area contributed by atoms with E-state index in [9.17, 15) is 9.59 Å². The molecule has 1 aliphatic heterocycles. The molecule has 110 valence electrons. The van der Waals surface area contributed by atoms with E-state index in [1.807, 2.05) is 18.2 Å². The molecule has 0 aromatic heterocycles. The lowest BCUT2D eigenvalue weighted by atomic mass is 9.96. The summed E-state index contributed by atoms with van der Waals surface area (Å²) in [7, 11) is 0. The second-order valence-electron chi connectivity index (χ2n) is 4.78. The van der Waals surface area contributed by atoms with Gasteiger partial charge < -0.3 is 16.4 Å². The number of nitrogens with one attached hydrogen (secondary N) is 2. The van der Waals surface area contributed by atoms with Crippen LogP contribution in [0, 0.1) is 5.92 Å². The average molecular weight is 298 g/mol. The molecule has 20 heavy (non-hydrogen) atoms. The molecule has 1 saturated heterocycles. The van der Waals surface area contributed by atoms with Crippen LogP contribution in [0.5, 0.6) is 0 Å². The molecule has 1 heterocycles. The van der Waals surface area contributed by atoms with Gasteiger partial charge in [0, 0.05) is 5.92 Å². The fourth-order valence-electron chi connectivity index (χ4n) is 2.31. The lowest BCUT2D eigenvalue weighted by molar-refractivity contribution is -0.130. The second-order valence-corrected chi connectivity index (χ2v) is 4.78. The van der Waals surface area contributed by atoms with Crippen molar-refractivity contribution < 1.29 is 9.59 Å². The maximum Gasteiger partial charge on any atom is 0.244 e. The predicted octanol–water partition coefficient (Wildman–Crippen LogP) is 0.751. The van der Waals surface area contributed by atoms with Gasteiger partial charge in [0.2, 0.25) is 11.8 Å². The molecular formula is C14H20ClN3O2. The minimum absolute atomic E-state index is 0. The molecule has 6 heteroatoms. The second kappa shape index (κ2) is 7.87. The third kappa shape index (κ3) is 4.21. The lowest BCUT2D eigenvalue weighted by Crippen LogP contribution is -2.43. The van der Waals surface area contributed by atoms with Gasteiger partial charge in [-0.05, 0) is 31.5 Å². The Morgan fingerprint density at radius 1 is 1.20 bits per heavy atom. The van der Waals surface area contributed by atoms with Crippen molar-refractivity contribution in [2.45, 2.75) is 18.9 Å². The van der Waals surface area contributed by atoms with Crippen LogP contribution in [0.15, 0.2) is 30.3 Å². The summed E-state index contributed by atoms with van der Waals surface area (Å²) in [6, 6.07) is 8.33. The largest absolute Gasteiger partial charge is 0.368 e. The Morgan fingerprint density at radius 3 is 2.35 bits per heavy atom. The van der Waals surface area contributed by atoms with E-state index in [4.69, 9.17) is 5.73 Å². The van der Waals surface area contributed by atoms with Crippen LogP contribution in [-0.4, -0.2) is 24.9 Å². The minimum atomic E-state index is -0.747. The van der Waals surface area contributed by atoms with Gasteiger partial charge in [0.25, 0.3) is 0 Å². The van der Waals surface area contributed by atoms with E-state index in [1.54, 1.807) is 12.1 Å². The Morgan fingerprint density at radius 2 is 1.80 bits per heavy atom. The highest BCUT2D eigenvalue weighted by Crippen LogP contribution is 2.16. The molecule has 1 aromatic carbocycles.